The minimum Gasteiger partial charge on any atom is -0.382 e. The molecule has 20 nitrogen and oxygen atoms in total. The van der Waals surface area contributed by atoms with Crippen molar-refractivity contribution < 1.29 is 89.7 Å². The minimum atomic E-state index is -1.07. The number of methoxy groups -OCH3 is 2. The summed E-state index contributed by atoms with van der Waals surface area (Å²) < 4.78 is 116. The number of nitrogens with two attached hydrogens (primary N) is 2. The van der Waals surface area contributed by atoms with Crippen LogP contribution in [0.15, 0.2) is 0 Å². The average molecular weight is 1230 g/mol. The first-order valence-corrected chi connectivity index (χ1v) is 32.1. The number of ether oxygens (including phenoxy) is 18. The van der Waals surface area contributed by atoms with E-state index in [0.29, 0.717) is 46.2 Å². The van der Waals surface area contributed by atoms with Crippen molar-refractivity contribution >= 4 is 0 Å². The molecule has 5 aliphatic heterocycles. The maximum Gasteiger partial charge on any atom is 0.155 e. The predicted octanol–water partition coefficient (Wildman–Crippen LogP) is 9.00. The molecule has 5 saturated heterocycles. The van der Waals surface area contributed by atoms with Crippen LogP contribution in [0, 0.1) is 0 Å². The molecule has 20 atom stereocenters. The van der Waals surface area contributed by atoms with Crippen molar-refractivity contribution in [3.05, 3.63) is 0 Å². The van der Waals surface area contributed by atoms with E-state index in [-0.39, 0.29) is 165 Å². The van der Waals surface area contributed by atoms with Crippen molar-refractivity contribution in [1.29, 1.82) is 0 Å². The lowest BCUT2D eigenvalue weighted by Gasteiger charge is -2.26. The fraction of sp³-hybridized carbons (Fsp3) is 1.00. The average Bonchev–Trinajstić information content (AvgIpc) is 3.56. The Morgan fingerprint density at radius 1 is 0.318 bits per heavy atom. The van der Waals surface area contributed by atoms with Crippen LogP contribution in [0.1, 0.15) is 173 Å². The summed E-state index contributed by atoms with van der Waals surface area (Å²) in [6.07, 6.45) is -1.23. The summed E-state index contributed by atoms with van der Waals surface area (Å²) in [6, 6.07) is -0.133. The Morgan fingerprint density at radius 3 is 0.882 bits per heavy atom. The van der Waals surface area contributed by atoms with E-state index in [4.69, 9.17) is 96.7 Å². The third kappa shape index (κ3) is 31.8. The third-order valence-corrected chi connectivity index (χ3v) is 13.9. The van der Waals surface area contributed by atoms with Crippen LogP contribution in [0.2, 0.25) is 0 Å². The second kappa shape index (κ2) is 43.0. The standard InChI is InChI=1S/C15H30O5.C13H26O4.C12H23FO3.2C12H25NO3/c1-10(2)18-9-13-15(19-11(3)4)14(12(5)20-13)17-8-7-16-6;1-8(2)15-7-11-13(16-9(3)4)12(14-6)10(5)17-11;3*1-7(2)14-6-10-12(15-8(3)4)11(13)9(5)16-10/h10-15H,7-9H2,1-6H3;8-13H,7H2,1-6H3;7-12H,6H2,1-5H3;2*7-12H,6,13H2,1-5H3/t12-,13+,14+,15?;10-,11+,12+,13?;3*9-,10+,11+,12?/m00000/s1. The third-order valence-electron chi connectivity index (χ3n) is 13.9. The molecule has 0 amide bonds. The molecule has 0 radical (unpaired) electrons. The Bertz CT molecular complexity index is 1530. The normalized spacial score (nSPS) is 33.9. The first-order chi connectivity index (χ1) is 39.6. The van der Waals surface area contributed by atoms with E-state index in [9.17, 15) is 4.39 Å². The molecule has 0 aliphatic carbocycles. The second-order valence-corrected chi connectivity index (χ2v) is 25.7. The highest BCUT2D eigenvalue weighted by Gasteiger charge is 2.48. The van der Waals surface area contributed by atoms with E-state index >= 15 is 0 Å². The Morgan fingerprint density at radius 2 is 0.576 bits per heavy atom. The van der Waals surface area contributed by atoms with Gasteiger partial charge < -0.3 is 96.7 Å². The first-order valence-electron chi connectivity index (χ1n) is 32.1. The SMILES string of the molecule is CC(C)OC[C@H]1O[C@@H](C)[C@@H](F)C1OC(C)C.CC(C)OC[C@H]1O[C@@H](C)[C@@H](N)C1OC(C)C.CC(C)OC[C@H]1O[C@@H](C)[C@@H](N)C1OC(C)C.COCCO[C@H]1C(OC(C)C)[C@@H](COC(C)C)O[C@H]1C.CO[C@H]1C(OC(C)C)[C@@H](COC(C)C)O[C@H]1C. The van der Waals surface area contributed by atoms with Gasteiger partial charge in [-0.1, -0.05) is 0 Å². The highest BCUT2D eigenvalue weighted by molar-refractivity contribution is 4.96. The molecule has 5 fully saturated rings. The lowest BCUT2D eigenvalue weighted by atomic mass is 10.1. The lowest BCUT2D eigenvalue weighted by Crippen LogP contribution is -2.44. The van der Waals surface area contributed by atoms with Crippen LogP contribution in [0.25, 0.3) is 0 Å². The van der Waals surface area contributed by atoms with E-state index in [1.807, 2.05) is 166 Å². The number of hydrogen-bond donors (Lipinski definition) is 2. The summed E-state index contributed by atoms with van der Waals surface area (Å²) in [5.41, 5.74) is 12.1. The van der Waals surface area contributed by atoms with Gasteiger partial charge in [0.05, 0.1) is 150 Å². The van der Waals surface area contributed by atoms with Gasteiger partial charge in [-0.2, -0.15) is 0 Å². The van der Waals surface area contributed by atoms with Gasteiger partial charge in [-0.15, -0.1) is 0 Å². The van der Waals surface area contributed by atoms with Crippen LogP contribution in [-0.2, 0) is 85.3 Å². The van der Waals surface area contributed by atoms with Crippen molar-refractivity contribution in [2.75, 3.05) is 60.5 Å². The predicted molar refractivity (Wildman–Crippen MR) is 330 cm³/mol. The molecular formula is C64H129FN2O18. The second-order valence-electron chi connectivity index (χ2n) is 25.7. The number of alkyl halides is 1. The Kier molecular flexibility index (Phi) is 41.6. The number of hydrogen-bond acceptors (Lipinski definition) is 20. The molecule has 0 aromatic heterocycles. The van der Waals surface area contributed by atoms with Crippen molar-refractivity contribution in [1.82, 2.24) is 0 Å². The summed E-state index contributed by atoms with van der Waals surface area (Å²) in [5.74, 6) is 0. The summed E-state index contributed by atoms with van der Waals surface area (Å²) in [6.45, 7) is 53.4. The van der Waals surface area contributed by atoms with Crippen molar-refractivity contribution in [2.45, 2.75) is 356 Å². The van der Waals surface area contributed by atoms with Crippen LogP contribution in [-0.4, -0.2) is 244 Å². The summed E-state index contributed by atoms with van der Waals surface area (Å²) >= 11 is 0. The minimum absolute atomic E-state index is 0.00120. The molecule has 0 bridgehead atoms. The summed E-state index contributed by atoms with van der Waals surface area (Å²) in [4.78, 5) is 0. The number of halogens is 1. The van der Waals surface area contributed by atoms with Gasteiger partial charge in [0.2, 0.25) is 0 Å². The smallest absolute Gasteiger partial charge is 0.155 e. The van der Waals surface area contributed by atoms with Gasteiger partial charge in [-0.25, -0.2) is 4.39 Å². The van der Waals surface area contributed by atoms with Gasteiger partial charge in [0.15, 0.2) is 6.17 Å². The maximum atomic E-state index is 13.8. The van der Waals surface area contributed by atoms with Crippen LogP contribution in [0.5, 0.6) is 0 Å². The lowest BCUT2D eigenvalue weighted by molar-refractivity contribution is -0.106. The quantitative estimate of drug-likeness (QED) is 0.0641. The van der Waals surface area contributed by atoms with Gasteiger partial charge >= 0.3 is 0 Å². The highest BCUT2D eigenvalue weighted by Crippen LogP contribution is 2.31. The fourth-order valence-electron chi connectivity index (χ4n) is 9.99. The van der Waals surface area contributed by atoms with E-state index in [0.717, 1.165) is 0 Å². The maximum absolute atomic E-state index is 13.8. The van der Waals surface area contributed by atoms with Crippen LogP contribution in [0.3, 0.4) is 0 Å². The Hall–Kier alpha value is -0.870. The molecule has 0 aromatic rings. The molecule has 0 aromatic carbocycles. The molecule has 5 aliphatic rings. The molecule has 5 heterocycles. The largest absolute Gasteiger partial charge is 0.382 e. The van der Waals surface area contributed by atoms with Crippen molar-refractivity contribution in [2.24, 2.45) is 11.5 Å². The highest BCUT2D eigenvalue weighted by atomic mass is 19.1. The number of rotatable bonds is 30. The molecular weight excluding hydrogens is 1100 g/mol. The van der Waals surface area contributed by atoms with E-state index in [1.165, 1.54) is 0 Å². The molecule has 21 heteroatoms. The molecule has 0 spiro atoms. The fourth-order valence-corrected chi connectivity index (χ4v) is 9.99. The summed E-state index contributed by atoms with van der Waals surface area (Å²) in [5, 5.41) is 0. The van der Waals surface area contributed by atoms with Gasteiger partial charge in [0.1, 0.15) is 73.2 Å². The van der Waals surface area contributed by atoms with Crippen LogP contribution < -0.4 is 11.5 Å². The molecule has 85 heavy (non-hydrogen) atoms. The molecule has 5 unspecified atom stereocenters. The Labute approximate surface area is 516 Å². The van der Waals surface area contributed by atoms with Crippen LogP contribution in [0.4, 0.5) is 4.39 Å². The topological polar surface area (TPSA) is 218 Å². The van der Waals surface area contributed by atoms with Gasteiger partial charge in [0.25, 0.3) is 0 Å². The van der Waals surface area contributed by atoms with Crippen molar-refractivity contribution in [3.8, 4) is 0 Å². The molecule has 0 saturated carbocycles. The molecule has 4 N–H and O–H groups in total. The van der Waals surface area contributed by atoms with Crippen LogP contribution >= 0.6 is 0 Å². The molecule has 510 valence electrons. The summed E-state index contributed by atoms with van der Waals surface area (Å²) in [7, 11) is 3.37. The van der Waals surface area contributed by atoms with Gasteiger partial charge in [-0.3, -0.25) is 0 Å². The monoisotopic (exact) mass is 1230 g/mol. The zero-order valence-corrected chi connectivity index (χ0v) is 58.2. The van der Waals surface area contributed by atoms with Gasteiger partial charge in [0, 0.05) is 14.2 Å². The van der Waals surface area contributed by atoms with Gasteiger partial charge in [-0.05, 0) is 173 Å². The Balaban J connectivity index is 0.000000533. The zero-order valence-electron chi connectivity index (χ0n) is 58.2. The van der Waals surface area contributed by atoms with E-state index in [1.54, 1.807) is 21.1 Å². The molecule has 5 rings (SSSR count). The van der Waals surface area contributed by atoms with Crippen molar-refractivity contribution in [3.63, 3.8) is 0 Å². The first kappa shape index (κ1) is 82.1. The zero-order chi connectivity index (χ0) is 65.0. The van der Waals surface area contributed by atoms with E-state index < -0.39 is 18.4 Å². The van der Waals surface area contributed by atoms with E-state index in [2.05, 4.69) is 0 Å².